The number of rotatable bonds is 7. The van der Waals surface area contributed by atoms with Gasteiger partial charge in [-0.2, -0.15) is 0 Å². The van der Waals surface area contributed by atoms with Gasteiger partial charge in [-0.25, -0.2) is 4.98 Å². The summed E-state index contributed by atoms with van der Waals surface area (Å²) in [5, 5.41) is 4.44. The molecule has 2 rings (SSSR count). The van der Waals surface area contributed by atoms with Crippen LogP contribution < -0.4 is 10.1 Å². The average Bonchev–Trinajstić information content (AvgIpc) is 2.84. The number of nitrogens with zero attached hydrogens (tertiary/aromatic N) is 1. The second kappa shape index (κ2) is 6.82. The van der Waals surface area contributed by atoms with Crippen molar-refractivity contribution < 1.29 is 4.74 Å². The van der Waals surface area contributed by atoms with Crippen molar-refractivity contribution in [2.75, 3.05) is 19.4 Å². The molecule has 0 radical (unpaired) electrons. The molecule has 0 bridgehead atoms. The summed E-state index contributed by atoms with van der Waals surface area (Å²) in [4.78, 5) is 7.87. The maximum Gasteiger partial charge on any atom is 0.166 e. The van der Waals surface area contributed by atoms with Gasteiger partial charge < -0.3 is 15.0 Å². The van der Waals surface area contributed by atoms with Crippen LogP contribution in [0.4, 0.5) is 0 Å². The lowest BCUT2D eigenvalue weighted by Gasteiger charge is -2.09. The van der Waals surface area contributed by atoms with Crippen molar-refractivity contribution in [1.82, 2.24) is 15.3 Å². The quantitative estimate of drug-likeness (QED) is 0.604. The number of thioether (sulfide) groups is 1. The van der Waals surface area contributed by atoms with Crippen molar-refractivity contribution in [2.45, 2.75) is 31.5 Å². The van der Waals surface area contributed by atoms with Crippen LogP contribution in [0, 0.1) is 0 Å². The van der Waals surface area contributed by atoms with E-state index in [0.717, 1.165) is 40.7 Å². The highest BCUT2D eigenvalue weighted by molar-refractivity contribution is 7.99. The van der Waals surface area contributed by atoms with Gasteiger partial charge in [-0.3, -0.25) is 0 Å². The molecule has 1 aromatic carbocycles. The molecular weight excluding hydrogens is 258 g/mol. The van der Waals surface area contributed by atoms with Crippen LogP contribution in [-0.2, 0) is 0 Å². The fourth-order valence-corrected chi connectivity index (χ4v) is 2.52. The molecule has 19 heavy (non-hydrogen) atoms. The van der Waals surface area contributed by atoms with Gasteiger partial charge in [0.2, 0.25) is 0 Å². The first-order chi connectivity index (χ1) is 9.22. The lowest BCUT2D eigenvalue weighted by atomic mass is 10.3. The highest BCUT2D eigenvalue weighted by atomic mass is 32.2. The Kier molecular flexibility index (Phi) is 5.10. The summed E-state index contributed by atoms with van der Waals surface area (Å²) in [6, 6.07) is 6.47. The SMILES string of the molecule is CCC(C)NCCSc1nc2ccc(OC)cc2[nH]1. The van der Waals surface area contributed by atoms with Gasteiger partial charge in [-0.1, -0.05) is 18.7 Å². The van der Waals surface area contributed by atoms with Gasteiger partial charge in [0.15, 0.2) is 5.16 Å². The molecule has 0 spiro atoms. The number of hydrogen-bond acceptors (Lipinski definition) is 4. The molecule has 1 aromatic heterocycles. The number of H-pyrrole nitrogens is 1. The lowest BCUT2D eigenvalue weighted by Crippen LogP contribution is -2.27. The fraction of sp³-hybridized carbons (Fsp3) is 0.500. The van der Waals surface area contributed by atoms with Crippen LogP contribution >= 0.6 is 11.8 Å². The first-order valence-corrected chi connectivity index (χ1v) is 7.61. The minimum Gasteiger partial charge on any atom is -0.497 e. The van der Waals surface area contributed by atoms with E-state index in [-0.39, 0.29) is 0 Å². The number of nitrogens with one attached hydrogen (secondary N) is 2. The van der Waals surface area contributed by atoms with E-state index in [1.54, 1.807) is 18.9 Å². The Morgan fingerprint density at radius 2 is 2.32 bits per heavy atom. The molecule has 0 aliphatic rings. The van der Waals surface area contributed by atoms with Crippen LogP contribution in [0.1, 0.15) is 20.3 Å². The summed E-state index contributed by atoms with van der Waals surface area (Å²) in [5.74, 6) is 1.87. The fourth-order valence-electron chi connectivity index (χ4n) is 1.76. The predicted octanol–water partition coefficient (Wildman–Crippen LogP) is 3.05. The number of fused-ring (bicyclic) bond motifs is 1. The monoisotopic (exact) mass is 279 g/mol. The summed E-state index contributed by atoms with van der Waals surface area (Å²) in [5.41, 5.74) is 2.01. The predicted molar refractivity (Wildman–Crippen MR) is 81.1 cm³/mol. The van der Waals surface area contributed by atoms with Gasteiger partial charge in [0.1, 0.15) is 5.75 Å². The molecule has 104 valence electrons. The number of imidazole rings is 1. The minimum absolute atomic E-state index is 0.584. The molecular formula is C14H21N3OS. The topological polar surface area (TPSA) is 49.9 Å². The first-order valence-electron chi connectivity index (χ1n) is 6.63. The van der Waals surface area contributed by atoms with E-state index in [1.165, 1.54) is 0 Å². The molecule has 0 amide bonds. The summed E-state index contributed by atoms with van der Waals surface area (Å²) >= 11 is 1.74. The van der Waals surface area contributed by atoms with E-state index in [1.807, 2.05) is 18.2 Å². The van der Waals surface area contributed by atoms with Crippen LogP contribution in [0.15, 0.2) is 23.4 Å². The van der Waals surface area contributed by atoms with Crippen molar-refractivity contribution >= 4 is 22.8 Å². The minimum atomic E-state index is 0.584. The Hall–Kier alpha value is -1.20. The summed E-state index contributed by atoms with van der Waals surface area (Å²) in [6.07, 6.45) is 1.16. The zero-order valence-electron chi connectivity index (χ0n) is 11.7. The van der Waals surface area contributed by atoms with Gasteiger partial charge in [-0.05, 0) is 25.5 Å². The van der Waals surface area contributed by atoms with Crippen molar-refractivity contribution in [3.8, 4) is 5.75 Å². The van der Waals surface area contributed by atoms with Crippen molar-refractivity contribution in [3.63, 3.8) is 0 Å². The third kappa shape index (κ3) is 3.88. The number of aromatic amines is 1. The Morgan fingerprint density at radius 3 is 3.05 bits per heavy atom. The van der Waals surface area contributed by atoms with Gasteiger partial charge >= 0.3 is 0 Å². The highest BCUT2D eigenvalue weighted by Crippen LogP contribution is 2.22. The number of methoxy groups -OCH3 is 1. The number of ether oxygens (including phenoxy) is 1. The molecule has 1 unspecified atom stereocenters. The van der Waals surface area contributed by atoms with Crippen molar-refractivity contribution in [1.29, 1.82) is 0 Å². The van der Waals surface area contributed by atoms with Crippen LogP contribution in [0.3, 0.4) is 0 Å². The number of hydrogen-bond donors (Lipinski definition) is 2. The molecule has 0 saturated carbocycles. The molecule has 0 aliphatic carbocycles. The average molecular weight is 279 g/mol. The maximum absolute atomic E-state index is 5.20. The number of aromatic nitrogens is 2. The zero-order chi connectivity index (χ0) is 13.7. The third-order valence-electron chi connectivity index (χ3n) is 3.11. The van der Waals surface area contributed by atoms with E-state index in [0.29, 0.717) is 6.04 Å². The summed E-state index contributed by atoms with van der Waals surface area (Å²) in [6.45, 7) is 5.40. The summed E-state index contributed by atoms with van der Waals surface area (Å²) < 4.78 is 5.20. The Labute approximate surface area is 118 Å². The van der Waals surface area contributed by atoms with Gasteiger partial charge in [-0.15, -0.1) is 0 Å². The van der Waals surface area contributed by atoms with Crippen LogP contribution in [0.5, 0.6) is 5.75 Å². The molecule has 2 N–H and O–H groups in total. The molecule has 2 aromatic rings. The van der Waals surface area contributed by atoms with Crippen LogP contribution in [0.2, 0.25) is 0 Å². The van der Waals surface area contributed by atoms with Crippen molar-refractivity contribution in [3.05, 3.63) is 18.2 Å². The normalized spacial score (nSPS) is 12.8. The third-order valence-corrected chi connectivity index (χ3v) is 3.99. The second-order valence-corrected chi connectivity index (χ2v) is 5.62. The van der Waals surface area contributed by atoms with Gasteiger partial charge in [0.25, 0.3) is 0 Å². The Balaban J connectivity index is 1.90. The van der Waals surface area contributed by atoms with E-state index >= 15 is 0 Å². The molecule has 4 nitrogen and oxygen atoms in total. The van der Waals surface area contributed by atoms with Crippen molar-refractivity contribution in [2.24, 2.45) is 0 Å². The van der Waals surface area contributed by atoms with E-state index in [2.05, 4.69) is 29.1 Å². The van der Waals surface area contributed by atoms with Crippen LogP contribution in [0.25, 0.3) is 11.0 Å². The molecule has 1 heterocycles. The molecule has 0 saturated heterocycles. The molecule has 1 atom stereocenters. The Bertz CT molecular complexity index is 526. The van der Waals surface area contributed by atoms with Crippen LogP contribution in [-0.4, -0.2) is 35.4 Å². The standard InChI is InChI=1S/C14H21N3OS/c1-4-10(2)15-7-8-19-14-16-12-6-5-11(18-3)9-13(12)17-14/h5-6,9-10,15H,4,7-8H2,1-3H3,(H,16,17). The van der Waals surface area contributed by atoms with E-state index in [4.69, 9.17) is 4.74 Å². The molecule has 5 heteroatoms. The molecule has 0 aliphatic heterocycles. The zero-order valence-corrected chi connectivity index (χ0v) is 12.5. The van der Waals surface area contributed by atoms with Gasteiger partial charge in [0, 0.05) is 24.4 Å². The molecule has 0 fully saturated rings. The lowest BCUT2D eigenvalue weighted by molar-refractivity contribution is 0.415. The smallest absolute Gasteiger partial charge is 0.166 e. The van der Waals surface area contributed by atoms with Gasteiger partial charge in [0.05, 0.1) is 18.1 Å². The second-order valence-electron chi connectivity index (χ2n) is 4.54. The first kappa shape index (κ1) is 14.2. The Morgan fingerprint density at radius 1 is 1.47 bits per heavy atom. The van der Waals surface area contributed by atoms with E-state index in [9.17, 15) is 0 Å². The van der Waals surface area contributed by atoms with E-state index < -0.39 is 0 Å². The maximum atomic E-state index is 5.20. The largest absolute Gasteiger partial charge is 0.497 e. The summed E-state index contributed by atoms with van der Waals surface area (Å²) in [7, 11) is 1.67. The number of benzene rings is 1. The highest BCUT2D eigenvalue weighted by Gasteiger charge is 2.04.